The Bertz CT molecular complexity index is 724. The second-order valence-corrected chi connectivity index (χ2v) is 6.16. The van der Waals surface area contributed by atoms with Gasteiger partial charge in [0.1, 0.15) is 5.76 Å². The van der Waals surface area contributed by atoms with Crippen LogP contribution < -0.4 is 16.0 Å². The molecule has 3 N–H and O–H groups in total. The molecular formula is C19H23N3O4. The number of ether oxygens (including phenoxy) is 1. The first kappa shape index (κ1) is 18.2. The van der Waals surface area contributed by atoms with E-state index in [0.29, 0.717) is 24.3 Å². The summed E-state index contributed by atoms with van der Waals surface area (Å²) >= 11 is 0. The molecule has 2 heterocycles. The number of benzene rings is 1. The average Bonchev–Trinajstić information content (AvgIpc) is 3.34. The molecule has 3 rings (SSSR count). The summed E-state index contributed by atoms with van der Waals surface area (Å²) in [7, 11) is 0. The summed E-state index contributed by atoms with van der Waals surface area (Å²) in [5.74, 6) is 0.406. The zero-order valence-corrected chi connectivity index (χ0v) is 14.5. The zero-order valence-electron chi connectivity index (χ0n) is 14.5. The summed E-state index contributed by atoms with van der Waals surface area (Å²) in [6.07, 6.45) is 3.70. The minimum absolute atomic E-state index is 0.0991. The number of carbonyl (C=O) groups excluding carboxylic acids is 2. The lowest BCUT2D eigenvalue weighted by atomic mass is 10.1. The van der Waals surface area contributed by atoms with Gasteiger partial charge in [-0.1, -0.05) is 6.07 Å². The number of hydrogen-bond acceptors (Lipinski definition) is 5. The predicted octanol–water partition coefficient (Wildman–Crippen LogP) is 1.92. The first-order valence-electron chi connectivity index (χ1n) is 8.73. The van der Waals surface area contributed by atoms with Gasteiger partial charge >= 0.3 is 0 Å². The van der Waals surface area contributed by atoms with Gasteiger partial charge in [-0.05, 0) is 43.2 Å². The van der Waals surface area contributed by atoms with Crippen molar-refractivity contribution in [1.82, 2.24) is 10.6 Å². The van der Waals surface area contributed by atoms with E-state index in [1.807, 2.05) is 6.07 Å². The van der Waals surface area contributed by atoms with Crippen LogP contribution in [0.5, 0.6) is 0 Å². The predicted molar refractivity (Wildman–Crippen MR) is 96.8 cm³/mol. The quantitative estimate of drug-likeness (QED) is 0.671. The molecule has 7 nitrogen and oxygen atoms in total. The molecule has 0 saturated carbocycles. The van der Waals surface area contributed by atoms with Crippen molar-refractivity contribution in [2.45, 2.75) is 25.5 Å². The molecular weight excluding hydrogens is 334 g/mol. The minimum Gasteiger partial charge on any atom is -0.468 e. The van der Waals surface area contributed by atoms with Crippen LogP contribution in [0.2, 0.25) is 0 Å². The molecule has 1 unspecified atom stereocenters. The molecule has 0 aliphatic carbocycles. The third-order valence-electron chi connectivity index (χ3n) is 4.09. The molecule has 1 aromatic carbocycles. The van der Waals surface area contributed by atoms with E-state index in [4.69, 9.17) is 9.15 Å². The van der Waals surface area contributed by atoms with E-state index in [9.17, 15) is 9.59 Å². The van der Waals surface area contributed by atoms with E-state index >= 15 is 0 Å². The summed E-state index contributed by atoms with van der Waals surface area (Å²) < 4.78 is 10.7. The van der Waals surface area contributed by atoms with Gasteiger partial charge in [0, 0.05) is 24.4 Å². The van der Waals surface area contributed by atoms with Crippen LogP contribution in [-0.4, -0.2) is 37.6 Å². The van der Waals surface area contributed by atoms with E-state index in [1.54, 1.807) is 36.6 Å². The highest BCUT2D eigenvalue weighted by Gasteiger charge is 2.16. The molecule has 2 amide bonds. The van der Waals surface area contributed by atoms with Crippen molar-refractivity contribution in [1.29, 1.82) is 0 Å². The van der Waals surface area contributed by atoms with E-state index in [0.717, 1.165) is 25.2 Å². The minimum atomic E-state index is -0.187. The maximum Gasteiger partial charge on any atom is 0.251 e. The van der Waals surface area contributed by atoms with Gasteiger partial charge < -0.3 is 25.1 Å². The number of nitrogens with one attached hydrogen (secondary N) is 3. The third kappa shape index (κ3) is 5.44. The van der Waals surface area contributed by atoms with Crippen molar-refractivity contribution in [3.05, 3.63) is 54.0 Å². The first-order chi connectivity index (χ1) is 12.7. The Morgan fingerprint density at radius 3 is 2.88 bits per heavy atom. The molecule has 1 aliphatic heterocycles. The highest BCUT2D eigenvalue weighted by molar-refractivity contribution is 5.97. The van der Waals surface area contributed by atoms with Gasteiger partial charge in [-0.25, -0.2) is 0 Å². The first-order valence-corrected chi connectivity index (χ1v) is 8.73. The largest absolute Gasteiger partial charge is 0.468 e. The number of rotatable bonds is 8. The highest BCUT2D eigenvalue weighted by Crippen LogP contribution is 2.13. The maximum atomic E-state index is 12.2. The lowest BCUT2D eigenvalue weighted by Gasteiger charge is -2.11. The fourth-order valence-electron chi connectivity index (χ4n) is 2.77. The summed E-state index contributed by atoms with van der Waals surface area (Å²) in [4.78, 5) is 24.2. The van der Waals surface area contributed by atoms with E-state index in [2.05, 4.69) is 16.0 Å². The van der Waals surface area contributed by atoms with Gasteiger partial charge in [-0.3, -0.25) is 9.59 Å². The zero-order chi connectivity index (χ0) is 18.2. The van der Waals surface area contributed by atoms with Crippen molar-refractivity contribution in [3.63, 3.8) is 0 Å². The standard InChI is InChI=1S/C19H23N3O4/c23-18(13-20-11-16-6-2-8-25-16)22-15-5-1-4-14(10-15)19(24)21-12-17-7-3-9-26-17/h1-2,4-6,8,10,17,20H,3,7,9,11-13H2,(H,21,24)(H,22,23). The SMILES string of the molecule is O=C(CNCc1ccco1)Nc1cccc(C(=O)NCC2CCCO2)c1. The fraction of sp³-hybridized carbons (Fsp3) is 0.368. The molecule has 7 heteroatoms. The van der Waals surface area contributed by atoms with E-state index in [1.165, 1.54) is 0 Å². The Balaban J connectivity index is 1.45. The van der Waals surface area contributed by atoms with Crippen LogP contribution in [0.25, 0.3) is 0 Å². The van der Waals surface area contributed by atoms with Crippen LogP contribution in [0.4, 0.5) is 5.69 Å². The topological polar surface area (TPSA) is 92.6 Å². The van der Waals surface area contributed by atoms with Gasteiger partial charge in [-0.15, -0.1) is 0 Å². The van der Waals surface area contributed by atoms with Crippen molar-refractivity contribution in [2.75, 3.05) is 25.0 Å². The van der Waals surface area contributed by atoms with E-state index < -0.39 is 0 Å². The number of amides is 2. The molecule has 0 spiro atoms. The molecule has 2 aromatic rings. The molecule has 1 fully saturated rings. The van der Waals surface area contributed by atoms with Crippen molar-refractivity contribution in [2.24, 2.45) is 0 Å². The lowest BCUT2D eigenvalue weighted by Crippen LogP contribution is -2.32. The number of anilines is 1. The molecule has 1 aromatic heterocycles. The third-order valence-corrected chi connectivity index (χ3v) is 4.09. The molecule has 1 saturated heterocycles. The van der Waals surface area contributed by atoms with Crippen LogP contribution in [0.15, 0.2) is 47.1 Å². The monoisotopic (exact) mass is 357 g/mol. The fourth-order valence-corrected chi connectivity index (χ4v) is 2.77. The van der Waals surface area contributed by atoms with E-state index in [-0.39, 0.29) is 24.5 Å². The Morgan fingerprint density at radius 1 is 1.19 bits per heavy atom. The van der Waals surface area contributed by atoms with Crippen LogP contribution in [0.3, 0.4) is 0 Å². The Hall–Kier alpha value is -2.64. The highest BCUT2D eigenvalue weighted by atomic mass is 16.5. The molecule has 0 radical (unpaired) electrons. The number of carbonyl (C=O) groups is 2. The van der Waals surface area contributed by atoms with Crippen LogP contribution in [0, 0.1) is 0 Å². The maximum absolute atomic E-state index is 12.2. The van der Waals surface area contributed by atoms with Crippen LogP contribution >= 0.6 is 0 Å². The molecule has 0 bridgehead atoms. The summed E-state index contributed by atoms with van der Waals surface area (Å²) in [5, 5.41) is 8.65. The van der Waals surface area contributed by atoms with Gasteiger partial charge in [0.2, 0.25) is 5.91 Å². The van der Waals surface area contributed by atoms with Crippen molar-refractivity contribution < 1.29 is 18.7 Å². The van der Waals surface area contributed by atoms with Gasteiger partial charge in [-0.2, -0.15) is 0 Å². The Kier molecular flexibility index (Phi) is 6.40. The van der Waals surface area contributed by atoms with Crippen LogP contribution in [-0.2, 0) is 16.1 Å². The summed E-state index contributed by atoms with van der Waals surface area (Å²) in [6, 6.07) is 10.5. The summed E-state index contributed by atoms with van der Waals surface area (Å²) in [5.41, 5.74) is 1.09. The molecule has 1 aliphatic rings. The Labute approximate surface area is 152 Å². The average molecular weight is 357 g/mol. The van der Waals surface area contributed by atoms with Gasteiger partial charge in [0.15, 0.2) is 0 Å². The Morgan fingerprint density at radius 2 is 2.12 bits per heavy atom. The normalized spacial score (nSPS) is 16.4. The number of furan rings is 1. The summed E-state index contributed by atoms with van der Waals surface area (Å²) in [6.45, 7) is 1.89. The molecule has 138 valence electrons. The number of hydrogen-bond donors (Lipinski definition) is 3. The van der Waals surface area contributed by atoms with Crippen molar-refractivity contribution >= 4 is 17.5 Å². The smallest absolute Gasteiger partial charge is 0.251 e. The molecule has 1 atom stereocenters. The second-order valence-electron chi connectivity index (χ2n) is 6.16. The van der Waals surface area contributed by atoms with Gasteiger partial charge in [0.25, 0.3) is 5.91 Å². The second kappa shape index (κ2) is 9.17. The van der Waals surface area contributed by atoms with Crippen molar-refractivity contribution in [3.8, 4) is 0 Å². The lowest BCUT2D eigenvalue weighted by molar-refractivity contribution is -0.115. The van der Waals surface area contributed by atoms with Gasteiger partial charge in [0.05, 0.1) is 25.5 Å². The van der Waals surface area contributed by atoms with Crippen LogP contribution in [0.1, 0.15) is 29.0 Å². The molecule has 26 heavy (non-hydrogen) atoms.